The number of aldehydes is 1. The van der Waals surface area contributed by atoms with Crippen molar-refractivity contribution in [1.82, 2.24) is 0 Å². The molecule has 0 unspecified atom stereocenters. The minimum absolute atomic E-state index is 0.553. The monoisotopic (exact) mass is 240 g/mol. The van der Waals surface area contributed by atoms with Crippen LogP contribution in [0.5, 0.6) is 11.5 Å². The van der Waals surface area contributed by atoms with Crippen molar-refractivity contribution in [2.45, 2.75) is 0 Å². The van der Waals surface area contributed by atoms with E-state index in [2.05, 4.69) is 0 Å². The molecule has 0 spiro atoms. The summed E-state index contributed by atoms with van der Waals surface area (Å²) in [5.41, 5.74) is 2.57. The second kappa shape index (κ2) is 4.53. The van der Waals surface area contributed by atoms with Crippen molar-refractivity contribution in [3.63, 3.8) is 0 Å². The van der Waals surface area contributed by atoms with Crippen LogP contribution in [0, 0.1) is 0 Å². The van der Waals surface area contributed by atoms with Gasteiger partial charge < -0.3 is 9.47 Å². The minimum Gasteiger partial charge on any atom is -0.486 e. The molecule has 0 amide bonds. The van der Waals surface area contributed by atoms with E-state index >= 15 is 0 Å². The average molecular weight is 240 g/mol. The molecule has 3 rings (SSSR count). The summed E-state index contributed by atoms with van der Waals surface area (Å²) in [6, 6.07) is 13.2. The first kappa shape index (κ1) is 10.8. The lowest BCUT2D eigenvalue weighted by molar-refractivity contribution is 0.112. The lowest BCUT2D eigenvalue weighted by Crippen LogP contribution is -2.15. The predicted octanol–water partition coefficient (Wildman–Crippen LogP) is 2.94. The largest absolute Gasteiger partial charge is 0.486 e. The molecule has 1 heterocycles. The van der Waals surface area contributed by atoms with Gasteiger partial charge >= 0.3 is 0 Å². The maximum Gasteiger partial charge on any atom is 0.169 e. The first-order valence-corrected chi connectivity index (χ1v) is 5.83. The van der Waals surface area contributed by atoms with Gasteiger partial charge in [0.1, 0.15) is 19.5 Å². The van der Waals surface area contributed by atoms with Crippen LogP contribution < -0.4 is 9.47 Å². The molecule has 0 bridgehead atoms. The van der Waals surface area contributed by atoms with E-state index in [0.717, 1.165) is 28.9 Å². The molecule has 2 aromatic carbocycles. The predicted molar refractivity (Wildman–Crippen MR) is 68.3 cm³/mol. The zero-order chi connectivity index (χ0) is 12.4. The van der Waals surface area contributed by atoms with Gasteiger partial charge in [0.15, 0.2) is 11.5 Å². The van der Waals surface area contributed by atoms with Crippen molar-refractivity contribution in [2.75, 3.05) is 13.2 Å². The molecular formula is C15H12O3. The van der Waals surface area contributed by atoms with Crippen molar-refractivity contribution in [1.29, 1.82) is 0 Å². The summed E-state index contributed by atoms with van der Waals surface area (Å²) >= 11 is 0. The van der Waals surface area contributed by atoms with E-state index in [9.17, 15) is 4.79 Å². The van der Waals surface area contributed by atoms with E-state index in [0.29, 0.717) is 18.8 Å². The summed E-state index contributed by atoms with van der Waals surface area (Å²) in [6.45, 7) is 1.13. The Balaban J connectivity index is 2.13. The molecular weight excluding hydrogens is 228 g/mol. The van der Waals surface area contributed by atoms with Crippen LogP contribution in [0.2, 0.25) is 0 Å². The Bertz CT molecular complexity index is 590. The number of benzene rings is 2. The van der Waals surface area contributed by atoms with Crippen molar-refractivity contribution in [2.24, 2.45) is 0 Å². The quantitative estimate of drug-likeness (QED) is 0.757. The Morgan fingerprint density at radius 3 is 2.72 bits per heavy atom. The lowest BCUT2D eigenvalue weighted by atomic mass is 10.0. The number of carbonyl (C=O) groups is 1. The molecule has 0 fully saturated rings. The Labute approximate surface area is 105 Å². The Kier molecular flexibility index (Phi) is 2.73. The van der Waals surface area contributed by atoms with Crippen molar-refractivity contribution >= 4 is 6.29 Å². The van der Waals surface area contributed by atoms with Gasteiger partial charge in [0.25, 0.3) is 0 Å². The molecule has 1 aliphatic heterocycles. The zero-order valence-corrected chi connectivity index (χ0v) is 9.76. The van der Waals surface area contributed by atoms with Gasteiger partial charge in [0.2, 0.25) is 0 Å². The third-order valence-corrected chi connectivity index (χ3v) is 2.90. The summed E-state index contributed by atoms with van der Waals surface area (Å²) < 4.78 is 11.2. The maximum absolute atomic E-state index is 10.8. The highest BCUT2D eigenvalue weighted by Gasteiger charge is 2.16. The molecule has 0 N–H and O–H groups in total. The van der Waals surface area contributed by atoms with Gasteiger partial charge in [-0.2, -0.15) is 0 Å². The summed E-state index contributed by atoms with van der Waals surface area (Å²) in [6.07, 6.45) is 0.843. The van der Waals surface area contributed by atoms with E-state index in [1.54, 1.807) is 6.07 Å². The van der Waals surface area contributed by atoms with Gasteiger partial charge in [-0.3, -0.25) is 4.79 Å². The SMILES string of the molecule is O=Cc1cccc(-c2cccc3c2OCCO3)c1. The molecule has 0 saturated carbocycles. The number of hydrogen-bond acceptors (Lipinski definition) is 3. The van der Waals surface area contributed by atoms with E-state index in [-0.39, 0.29) is 0 Å². The standard InChI is InChI=1S/C15H12O3/c16-10-11-3-1-4-12(9-11)13-5-2-6-14-15(13)18-8-7-17-14/h1-6,9-10H,7-8H2. The van der Waals surface area contributed by atoms with Gasteiger partial charge in [-0.15, -0.1) is 0 Å². The average Bonchev–Trinajstić information content (AvgIpc) is 2.47. The van der Waals surface area contributed by atoms with Crippen LogP contribution in [-0.4, -0.2) is 19.5 Å². The van der Waals surface area contributed by atoms with E-state index in [1.165, 1.54) is 0 Å². The van der Waals surface area contributed by atoms with Crippen molar-refractivity contribution < 1.29 is 14.3 Å². The van der Waals surface area contributed by atoms with E-state index < -0.39 is 0 Å². The summed E-state index contributed by atoms with van der Waals surface area (Å²) in [5, 5.41) is 0. The summed E-state index contributed by atoms with van der Waals surface area (Å²) in [4.78, 5) is 10.8. The van der Waals surface area contributed by atoms with Crippen LogP contribution >= 0.6 is 0 Å². The molecule has 0 aliphatic carbocycles. The smallest absolute Gasteiger partial charge is 0.169 e. The molecule has 0 saturated heterocycles. The first-order chi connectivity index (χ1) is 8.88. The Morgan fingerprint density at radius 2 is 1.83 bits per heavy atom. The number of fused-ring (bicyclic) bond motifs is 1. The fraction of sp³-hybridized carbons (Fsp3) is 0.133. The first-order valence-electron chi connectivity index (χ1n) is 5.83. The van der Waals surface area contributed by atoms with Gasteiger partial charge in [-0.25, -0.2) is 0 Å². The van der Waals surface area contributed by atoms with Gasteiger partial charge in [0.05, 0.1) is 0 Å². The van der Waals surface area contributed by atoms with Crippen molar-refractivity contribution in [3.05, 3.63) is 48.0 Å². The number of para-hydroxylation sites is 1. The highest BCUT2D eigenvalue weighted by atomic mass is 16.6. The van der Waals surface area contributed by atoms with E-state index in [1.807, 2.05) is 36.4 Å². The zero-order valence-electron chi connectivity index (χ0n) is 9.76. The number of ether oxygens (including phenoxy) is 2. The molecule has 0 radical (unpaired) electrons. The molecule has 18 heavy (non-hydrogen) atoms. The topological polar surface area (TPSA) is 35.5 Å². The maximum atomic E-state index is 10.8. The van der Waals surface area contributed by atoms with E-state index in [4.69, 9.17) is 9.47 Å². The fourth-order valence-electron chi connectivity index (χ4n) is 2.08. The Hall–Kier alpha value is -2.29. The molecule has 0 aromatic heterocycles. The van der Waals surface area contributed by atoms with Crippen LogP contribution in [0.4, 0.5) is 0 Å². The molecule has 3 nitrogen and oxygen atoms in total. The summed E-state index contributed by atoms with van der Waals surface area (Å²) in [7, 11) is 0. The third kappa shape index (κ3) is 1.84. The molecule has 0 atom stereocenters. The van der Waals surface area contributed by atoms with Gasteiger partial charge in [-0.1, -0.05) is 30.3 Å². The highest BCUT2D eigenvalue weighted by molar-refractivity contribution is 5.81. The number of rotatable bonds is 2. The second-order valence-electron chi connectivity index (χ2n) is 4.07. The second-order valence-corrected chi connectivity index (χ2v) is 4.07. The molecule has 3 heteroatoms. The number of carbonyl (C=O) groups excluding carboxylic acids is 1. The van der Waals surface area contributed by atoms with Crippen LogP contribution in [0.1, 0.15) is 10.4 Å². The highest BCUT2D eigenvalue weighted by Crippen LogP contribution is 2.39. The minimum atomic E-state index is 0.553. The Morgan fingerprint density at radius 1 is 1.00 bits per heavy atom. The van der Waals surface area contributed by atoms with Crippen LogP contribution in [-0.2, 0) is 0 Å². The lowest BCUT2D eigenvalue weighted by Gasteiger charge is -2.21. The molecule has 90 valence electrons. The van der Waals surface area contributed by atoms with Crippen molar-refractivity contribution in [3.8, 4) is 22.6 Å². The van der Waals surface area contributed by atoms with Gasteiger partial charge in [0, 0.05) is 11.1 Å². The summed E-state index contributed by atoms with van der Waals surface area (Å²) in [5.74, 6) is 1.52. The van der Waals surface area contributed by atoms with Crippen LogP contribution in [0.3, 0.4) is 0 Å². The normalized spacial score (nSPS) is 13.1. The van der Waals surface area contributed by atoms with Crippen LogP contribution in [0.15, 0.2) is 42.5 Å². The number of hydrogen-bond donors (Lipinski definition) is 0. The van der Waals surface area contributed by atoms with Gasteiger partial charge in [-0.05, 0) is 17.7 Å². The molecule has 2 aromatic rings. The third-order valence-electron chi connectivity index (χ3n) is 2.90. The molecule has 1 aliphatic rings. The fourth-order valence-corrected chi connectivity index (χ4v) is 2.08. The van der Waals surface area contributed by atoms with Crippen LogP contribution in [0.25, 0.3) is 11.1 Å².